The van der Waals surface area contributed by atoms with Crippen molar-refractivity contribution in [3.8, 4) is 5.75 Å². The van der Waals surface area contributed by atoms with Gasteiger partial charge in [0.2, 0.25) is 5.91 Å². The quantitative estimate of drug-likeness (QED) is 0.891. The van der Waals surface area contributed by atoms with E-state index in [1.807, 2.05) is 24.3 Å². The van der Waals surface area contributed by atoms with Crippen molar-refractivity contribution in [1.29, 1.82) is 0 Å². The number of hydrogen-bond donors (Lipinski definition) is 2. The maximum Gasteiger partial charge on any atom is 0.326 e. The Kier molecular flexibility index (Phi) is 3.59. The lowest BCUT2D eigenvalue weighted by molar-refractivity contribution is -0.143. The molecule has 3 atom stereocenters. The van der Waals surface area contributed by atoms with E-state index in [-0.39, 0.29) is 23.2 Å². The Morgan fingerprint density at radius 2 is 2.09 bits per heavy atom. The molecule has 2 N–H and O–H groups in total. The van der Waals surface area contributed by atoms with Crippen molar-refractivity contribution < 1.29 is 19.4 Å². The van der Waals surface area contributed by atoms with E-state index in [0.717, 1.165) is 24.2 Å². The molecular formula is C17H21NO4. The first-order valence-corrected chi connectivity index (χ1v) is 7.71. The molecule has 1 fully saturated rings. The molecule has 0 unspecified atom stereocenters. The zero-order valence-electron chi connectivity index (χ0n) is 12.8. The van der Waals surface area contributed by atoms with Crippen molar-refractivity contribution in [3.05, 3.63) is 29.8 Å². The van der Waals surface area contributed by atoms with Gasteiger partial charge in [0, 0.05) is 16.9 Å². The van der Waals surface area contributed by atoms with Crippen LogP contribution in [0.15, 0.2) is 24.3 Å². The van der Waals surface area contributed by atoms with Crippen LogP contribution < -0.4 is 10.1 Å². The number of nitrogens with one attached hydrogen (secondary N) is 1. The lowest BCUT2D eigenvalue weighted by Gasteiger charge is -2.27. The van der Waals surface area contributed by atoms with Gasteiger partial charge in [-0.15, -0.1) is 0 Å². The van der Waals surface area contributed by atoms with Crippen LogP contribution in [-0.2, 0) is 15.0 Å². The number of carbonyl (C=O) groups excluding carboxylic acids is 1. The molecule has 22 heavy (non-hydrogen) atoms. The van der Waals surface area contributed by atoms with Crippen molar-refractivity contribution in [2.75, 3.05) is 6.61 Å². The molecule has 5 nitrogen and oxygen atoms in total. The summed E-state index contributed by atoms with van der Waals surface area (Å²) < 4.78 is 5.66. The lowest BCUT2D eigenvalue weighted by atomic mass is 9.87. The third-order valence-electron chi connectivity index (χ3n) is 4.85. The Hall–Kier alpha value is -2.04. The standard InChI is InChI=1S/C17H21NO4/c1-10(2)14(16(20)21)18-15(19)12-9-17(12)7-8-22-13-6-4-3-5-11(13)17/h3-6,10,12,14H,7-9H2,1-2H3,(H,18,19)(H,20,21)/t12-,14-,17-/m0/s1. The van der Waals surface area contributed by atoms with E-state index in [9.17, 15) is 14.7 Å². The van der Waals surface area contributed by atoms with E-state index < -0.39 is 12.0 Å². The zero-order valence-corrected chi connectivity index (χ0v) is 12.8. The number of hydrogen-bond acceptors (Lipinski definition) is 3. The highest BCUT2D eigenvalue weighted by Crippen LogP contribution is 2.60. The molecule has 118 valence electrons. The molecule has 1 spiro atoms. The van der Waals surface area contributed by atoms with Crippen LogP contribution in [0.5, 0.6) is 5.75 Å². The van der Waals surface area contributed by atoms with Gasteiger partial charge in [0.15, 0.2) is 0 Å². The van der Waals surface area contributed by atoms with Crippen molar-refractivity contribution in [1.82, 2.24) is 5.32 Å². The van der Waals surface area contributed by atoms with Gasteiger partial charge in [0.25, 0.3) is 0 Å². The number of amides is 1. The Labute approximate surface area is 129 Å². The van der Waals surface area contributed by atoms with Gasteiger partial charge < -0.3 is 15.2 Å². The summed E-state index contributed by atoms with van der Waals surface area (Å²) >= 11 is 0. The minimum Gasteiger partial charge on any atom is -0.493 e. The van der Waals surface area contributed by atoms with E-state index in [0.29, 0.717) is 6.61 Å². The minimum absolute atomic E-state index is 0.141. The smallest absolute Gasteiger partial charge is 0.326 e. The Morgan fingerprint density at radius 1 is 1.36 bits per heavy atom. The number of carboxylic acid groups (broad SMARTS) is 1. The highest BCUT2D eigenvalue weighted by Gasteiger charge is 2.61. The number of para-hydroxylation sites is 1. The summed E-state index contributed by atoms with van der Waals surface area (Å²) in [5.74, 6) is -0.581. The van der Waals surface area contributed by atoms with Crippen LogP contribution in [0.2, 0.25) is 0 Å². The van der Waals surface area contributed by atoms with Crippen molar-refractivity contribution >= 4 is 11.9 Å². The van der Waals surface area contributed by atoms with E-state index in [4.69, 9.17) is 4.74 Å². The molecule has 1 saturated carbocycles. The second-order valence-corrected chi connectivity index (χ2v) is 6.58. The second-order valence-electron chi connectivity index (χ2n) is 6.58. The number of aliphatic carboxylic acids is 1. The molecule has 5 heteroatoms. The Morgan fingerprint density at radius 3 is 2.77 bits per heavy atom. The number of carboxylic acids is 1. The summed E-state index contributed by atoms with van der Waals surface area (Å²) in [6.07, 6.45) is 1.57. The topological polar surface area (TPSA) is 75.6 Å². The van der Waals surface area contributed by atoms with Gasteiger partial charge in [-0.2, -0.15) is 0 Å². The molecule has 0 aromatic heterocycles. The van der Waals surface area contributed by atoms with E-state index in [2.05, 4.69) is 5.32 Å². The van der Waals surface area contributed by atoms with E-state index >= 15 is 0 Å². The summed E-state index contributed by atoms with van der Waals surface area (Å²) in [7, 11) is 0. The SMILES string of the molecule is CC(C)[C@H](NC(=O)[C@@H]1C[C@]12CCOc1ccccc12)C(=O)O. The summed E-state index contributed by atoms with van der Waals surface area (Å²) in [6, 6.07) is 6.99. The summed E-state index contributed by atoms with van der Waals surface area (Å²) in [6.45, 7) is 4.20. The molecule has 2 aliphatic rings. The summed E-state index contributed by atoms with van der Waals surface area (Å²) in [4.78, 5) is 23.7. The lowest BCUT2D eigenvalue weighted by Crippen LogP contribution is -2.45. The number of ether oxygens (including phenoxy) is 1. The molecule has 0 bridgehead atoms. The van der Waals surface area contributed by atoms with Crippen molar-refractivity contribution in [3.63, 3.8) is 0 Å². The number of rotatable bonds is 4. The second kappa shape index (κ2) is 5.30. The van der Waals surface area contributed by atoms with Gasteiger partial charge in [0.1, 0.15) is 11.8 Å². The van der Waals surface area contributed by atoms with Gasteiger partial charge in [0.05, 0.1) is 6.61 Å². The molecule has 1 aromatic rings. The van der Waals surface area contributed by atoms with Crippen LogP contribution in [0.25, 0.3) is 0 Å². The minimum atomic E-state index is -0.981. The largest absolute Gasteiger partial charge is 0.493 e. The van der Waals surface area contributed by atoms with Crippen LogP contribution in [-0.4, -0.2) is 29.6 Å². The molecule has 1 aliphatic carbocycles. The molecule has 0 saturated heterocycles. The first-order chi connectivity index (χ1) is 10.5. The highest BCUT2D eigenvalue weighted by molar-refractivity contribution is 5.89. The normalized spacial score (nSPS) is 27.0. The van der Waals surface area contributed by atoms with Crippen LogP contribution in [0, 0.1) is 11.8 Å². The third kappa shape index (κ3) is 2.34. The molecule has 1 heterocycles. The Balaban J connectivity index is 1.77. The molecule has 1 amide bonds. The summed E-state index contributed by atoms with van der Waals surface area (Å²) in [5, 5.41) is 11.9. The fourth-order valence-corrected chi connectivity index (χ4v) is 3.47. The van der Waals surface area contributed by atoms with Crippen LogP contribution in [0.3, 0.4) is 0 Å². The van der Waals surface area contributed by atoms with Gasteiger partial charge >= 0.3 is 5.97 Å². The third-order valence-corrected chi connectivity index (χ3v) is 4.85. The van der Waals surface area contributed by atoms with Gasteiger partial charge in [-0.25, -0.2) is 4.79 Å². The predicted molar refractivity (Wildman–Crippen MR) is 80.7 cm³/mol. The van der Waals surface area contributed by atoms with E-state index in [1.54, 1.807) is 13.8 Å². The van der Waals surface area contributed by atoms with Gasteiger partial charge in [-0.3, -0.25) is 4.79 Å². The van der Waals surface area contributed by atoms with Crippen LogP contribution in [0.4, 0.5) is 0 Å². The first kappa shape index (κ1) is 14.9. The molecule has 1 aromatic carbocycles. The molecule has 1 aliphatic heterocycles. The summed E-state index contributed by atoms with van der Waals surface area (Å²) in [5.41, 5.74) is 0.914. The van der Waals surface area contributed by atoms with Gasteiger partial charge in [-0.05, 0) is 24.8 Å². The molecule has 0 radical (unpaired) electrons. The molecule has 3 rings (SSSR count). The maximum absolute atomic E-state index is 12.5. The van der Waals surface area contributed by atoms with Crippen LogP contribution >= 0.6 is 0 Å². The highest BCUT2D eigenvalue weighted by atomic mass is 16.5. The fourth-order valence-electron chi connectivity index (χ4n) is 3.47. The fraction of sp³-hybridized carbons (Fsp3) is 0.529. The maximum atomic E-state index is 12.5. The first-order valence-electron chi connectivity index (χ1n) is 7.71. The molecular weight excluding hydrogens is 282 g/mol. The van der Waals surface area contributed by atoms with E-state index in [1.165, 1.54) is 0 Å². The van der Waals surface area contributed by atoms with Crippen LogP contribution in [0.1, 0.15) is 32.3 Å². The number of benzene rings is 1. The van der Waals surface area contributed by atoms with Gasteiger partial charge in [-0.1, -0.05) is 32.0 Å². The predicted octanol–water partition coefficient (Wildman–Crippen LogP) is 1.95. The zero-order chi connectivity index (χ0) is 15.9. The number of fused-ring (bicyclic) bond motifs is 2. The number of carbonyl (C=O) groups is 2. The monoisotopic (exact) mass is 303 g/mol. The average molecular weight is 303 g/mol. The van der Waals surface area contributed by atoms with Crippen molar-refractivity contribution in [2.24, 2.45) is 11.8 Å². The average Bonchev–Trinajstić information content (AvgIpc) is 3.19. The Bertz CT molecular complexity index is 612. The van der Waals surface area contributed by atoms with Crippen molar-refractivity contribution in [2.45, 2.75) is 38.1 Å².